The zero-order valence-corrected chi connectivity index (χ0v) is 27.3. The van der Waals surface area contributed by atoms with Crippen molar-refractivity contribution >= 4 is 28.2 Å². The van der Waals surface area contributed by atoms with Crippen molar-refractivity contribution in [3.63, 3.8) is 0 Å². The van der Waals surface area contributed by atoms with Crippen LogP contribution >= 0.6 is 0 Å². The van der Waals surface area contributed by atoms with E-state index < -0.39 is 5.60 Å². The van der Waals surface area contributed by atoms with Gasteiger partial charge in [0.1, 0.15) is 17.2 Å². The van der Waals surface area contributed by atoms with Gasteiger partial charge in [0.25, 0.3) is 0 Å². The number of carbonyl (C=O) groups is 1. The van der Waals surface area contributed by atoms with Crippen LogP contribution in [0.2, 0.25) is 0 Å². The maximum absolute atomic E-state index is 12.9. The second-order valence-electron chi connectivity index (χ2n) is 14.2. The molecule has 3 heterocycles. The molecule has 7 nitrogen and oxygen atoms in total. The number of amides is 1. The maximum Gasteiger partial charge on any atom is 0.410 e. The number of likely N-dealkylation sites (tertiary alicyclic amines) is 1. The van der Waals surface area contributed by atoms with Gasteiger partial charge in [-0.05, 0) is 104 Å². The van der Waals surface area contributed by atoms with Crippen LogP contribution in [0.25, 0.3) is 55.4 Å². The van der Waals surface area contributed by atoms with Gasteiger partial charge >= 0.3 is 6.09 Å². The number of nitrogens with zero attached hydrogens (tertiary/aromatic N) is 3. The summed E-state index contributed by atoms with van der Waals surface area (Å²) in [6.45, 7) is 6.38. The van der Waals surface area contributed by atoms with Crippen LogP contribution in [-0.4, -0.2) is 43.1 Å². The highest BCUT2D eigenvalue weighted by Gasteiger charge is 2.35. The number of hydrogen-bond acceptors (Lipinski definition) is 4. The molecule has 0 spiro atoms. The van der Waals surface area contributed by atoms with Crippen LogP contribution in [0.1, 0.15) is 82.9 Å². The minimum Gasteiger partial charge on any atom is -0.444 e. The van der Waals surface area contributed by atoms with E-state index in [1.807, 2.05) is 20.8 Å². The fraction of sp³-hybridized carbons (Fsp3) is 0.325. The lowest BCUT2D eigenvalue weighted by Crippen LogP contribution is -2.36. The second kappa shape index (κ2) is 11.7. The first-order valence-corrected chi connectivity index (χ1v) is 17.0. The third-order valence-corrected chi connectivity index (χ3v) is 9.71. The second-order valence-corrected chi connectivity index (χ2v) is 14.2. The first-order valence-electron chi connectivity index (χ1n) is 17.0. The molecule has 2 fully saturated rings. The number of rotatable bonds is 5. The van der Waals surface area contributed by atoms with Crippen molar-refractivity contribution in [2.24, 2.45) is 0 Å². The lowest BCUT2D eigenvalue weighted by Gasteiger charge is -2.27. The molecular formula is C40H41N5O2. The van der Waals surface area contributed by atoms with E-state index in [1.54, 1.807) is 4.90 Å². The van der Waals surface area contributed by atoms with Crippen LogP contribution in [-0.2, 0) is 4.74 Å². The van der Waals surface area contributed by atoms with Gasteiger partial charge in [-0.15, -0.1) is 0 Å². The lowest BCUT2D eigenvalue weighted by molar-refractivity contribution is 0.0219. The summed E-state index contributed by atoms with van der Waals surface area (Å²) in [6.07, 6.45) is 6.63. The van der Waals surface area contributed by atoms with Crippen molar-refractivity contribution in [3.05, 3.63) is 96.6 Å². The van der Waals surface area contributed by atoms with Crippen molar-refractivity contribution in [3.8, 4) is 33.4 Å². The molecule has 47 heavy (non-hydrogen) atoms. The minimum absolute atomic E-state index is 0.103. The summed E-state index contributed by atoms with van der Waals surface area (Å²) in [5, 5.41) is 0. The molecule has 0 bridgehead atoms. The average Bonchev–Trinajstić information content (AvgIpc) is 3.89. The predicted molar refractivity (Wildman–Crippen MR) is 188 cm³/mol. The van der Waals surface area contributed by atoms with E-state index in [2.05, 4.69) is 94.9 Å². The molecule has 1 saturated carbocycles. The largest absolute Gasteiger partial charge is 0.444 e. The molecule has 0 radical (unpaired) electrons. The van der Waals surface area contributed by atoms with Gasteiger partial charge in [0.2, 0.25) is 0 Å². The Bertz CT molecular complexity index is 2060. The Balaban J connectivity index is 0.977. The van der Waals surface area contributed by atoms with Gasteiger partial charge in [0.15, 0.2) is 0 Å². The Hall–Kier alpha value is -4.91. The Morgan fingerprint density at radius 1 is 0.660 bits per heavy atom. The van der Waals surface area contributed by atoms with Gasteiger partial charge in [0, 0.05) is 12.5 Å². The van der Waals surface area contributed by atoms with E-state index in [4.69, 9.17) is 14.7 Å². The fourth-order valence-electron chi connectivity index (χ4n) is 7.27. The molecule has 1 aliphatic heterocycles. The first-order chi connectivity index (χ1) is 22.8. The zero-order chi connectivity index (χ0) is 32.1. The summed E-state index contributed by atoms with van der Waals surface area (Å²) in [7, 11) is 0. The molecule has 1 aliphatic carbocycles. The van der Waals surface area contributed by atoms with Crippen LogP contribution in [0.15, 0.2) is 84.9 Å². The van der Waals surface area contributed by atoms with E-state index >= 15 is 0 Å². The predicted octanol–water partition coefficient (Wildman–Crippen LogP) is 10.2. The molecule has 2 aromatic heterocycles. The Morgan fingerprint density at radius 2 is 1.13 bits per heavy atom. The third kappa shape index (κ3) is 5.91. The Morgan fingerprint density at radius 3 is 1.66 bits per heavy atom. The number of fused-ring (bicyclic) bond motifs is 2. The molecule has 2 aliphatic rings. The number of carbonyl (C=O) groups excluding carboxylic acids is 1. The summed E-state index contributed by atoms with van der Waals surface area (Å²) in [6, 6.07) is 30.3. The Labute approximate surface area is 275 Å². The molecule has 1 amide bonds. The quantitative estimate of drug-likeness (QED) is 0.200. The zero-order valence-electron chi connectivity index (χ0n) is 27.3. The highest BCUT2D eigenvalue weighted by atomic mass is 16.6. The number of imidazole rings is 2. The normalized spacial score (nSPS) is 17.3. The number of ether oxygens (including phenoxy) is 1. The molecule has 4 aromatic carbocycles. The van der Waals surface area contributed by atoms with E-state index in [-0.39, 0.29) is 12.1 Å². The third-order valence-electron chi connectivity index (χ3n) is 9.71. The van der Waals surface area contributed by atoms with Crippen molar-refractivity contribution < 1.29 is 9.53 Å². The summed E-state index contributed by atoms with van der Waals surface area (Å²) >= 11 is 0. The summed E-state index contributed by atoms with van der Waals surface area (Å²) < 4.78 is 5.66. The number of hydrogen-bond donors (Lipinski definition) is 2. The highest BCUT2D eigenvalue weighted by molar-refractivity contribution is 5.84. The van der Waals surface area contributed by atoms with Crippen LogP contribution < -0.4 is 0 Å². The highest BCUT2D eigenvalue weighted by Crippen LogP contribution is 2.36. The van der Waals surface area contributed by atoms with Crippen molar-refractivity contribution in [2.75, 3.05) is 6.54 Å². The smallest absolute Gasteiger partial charge is 0.410 e. The van der Waals surface area contributed by atoms with Gasteiger partial charge in [0.05, 0.1) is 28.1 Å². The van der Waals surface area contributed by atoms with Gasteiger partial charge in [-0.1, -0.05) is 73.5 Å². The van der Waals surface area contributed by atoms with Gasteiger partial charge in [-0.25, -0.2) is 14.8 Å². The molecular weight excluding hydrogens is 582 g/mol. The average molecular weight is 624 g/mol. The standard InChI is InChI=1S/C40H41N5O2/c1-40(2,3)47-39(46)45-22-6-9-36(45)38-42-33-21-19-31(24-35(33)44-38)28-16-12-26(13-17-28)25-10-14-27(15-11-25)30-18-20-32-34(23-30)43-37(41-32)29-7-4-5-8-29/h10-21,23-24,29,36H,4-9,22H2,1-3H3,(H,41,43)(H,42,44)/t36-/m0/s1. The summed E-state index contributed by atoms with van der Waals surface area (Å²) in [5.41, 5.74) is 10.5. The van der Waals surface area contributed by atoms with Crippen LogP contribution in [0.3, 0.4) is 0 Å². The minimum atomic E-state index is -0.527. The number of benzene rings is 4. The van der Waals surface area contributed by atoms with E-state index in [0.717, 1.165) is 57.7 Å². The van der Waals surface area contributed by atoms with E-state index in [9.17, 15) is 4.79 Å². The van der Waals surface area contributed by atoms with E-state index in [1.165, 1.54) is 47.9 Å². The topological polar surface area (TPSA) is 86.9 Å². The molecule has 238 valence electrons. The lowest BCUT2D eigenvalue weighted by atomic mass is 9.98. The number of H-pyrrole nitrogens is 2. The molecule has 6 aromatic rings. The van der Waals surface area contributed by atoms with Crippen LogP contribution in [0, 0.1) is 0 Å². The SMILES string of the molecule is CC(C)(C)OC(=O)N1CCC[C@H]1c1nc2ccc(-c3ccc(-c4ccc(-c5ccc6nc(C7CCCC7)[nH]c6c5)cc4)cc3)cc2[nH]1. The monoisotopic (exact) mass is 623 g/mol. The first kappa shape index (κ1) is 29.5. The van der Waals surface area contributed by atoms with Gasteiger partial charge < -0.3 is 14.7 Å². The molecule has 7 heteroatoms. The maximum atomic E-state index is 12.9. The molecule has 1 atom stereocenters. The van der Waals surface area contributed by atoms with Gasteiger partial charge in [-0.2, -0.15) is 0 Å². The molecule has 2 N–H and O–H groups in total. The summed E-state index contributed by atoms with van der Waals surface area (Å²) in [4.78, 5) is 31.5. The van der Waals surface area contributed by atoms with Crippen LogP contribution in [0.5, 0.6) is 0 Å². The van der Waals surface area contributed by atoms with Crippen molar-refractivity contribution in [1.82, 2.24) is 24.8 Å². The molecule has 0 unspecified atom stereocenters. The Kier molecular flexibility index (Phi) is 7.35. The van der Waals surface area contributed by atoms with Crippen molar-refractivity contribution in [1.29, 1.82) is 0 Å². The molecule has 8 rings (SSSR count). The molecule has 1 saturated heterocycles. The number of nitrogens with one attached hydrogen (secondary N) is 2. The number of aromatic amines is 2. The van der Waals surface area contributed by atoms with E-state index in [0.29, 0.717) is 12.5 Å². The summed E-state index contributed by atoms with van der Waals surface area (Å²) in [5.74, 6) is 2.55. The van der Waals surface area contributed by atoms with Crippen LogP contribution in [0.4, 0.5) is 4.79 Å². The fourth-order valence-corrected chi connectivity index (χ4v) is 7.27. The van der Waals surface area contributed by atoms with Gasteiger partial charge in [-0.3, -0.25) is 4.90 Å². The number of aromatic nitrogens is 4. The van der Waals surface area contributed by atoms with Crippen molar-refractivity contribution in [2.45, 2.75) is 76.9 Å².